The molecule has 0 saturated heterocycles. The molecule has 0 saturated carbocycles. The molecule has 3 aromatic rings. The summed E-state index contributed by atoms with van der Waals surface area (Å²) in [6.07, 6.45) is 0.828. The number of benzene rings is 3. The molecule has 0 bridgehead atoms. The third-order valence-electron chi connectivity index (χ3n) is 4.54. The average molecular weight is 452 g/mol. The number of anilines is 1. The zero-order chi connectivity index (χ0) is 20.5. The number of hydrogen-bond donors (Lipinski definition) is 1. The SMILES string of the molecule is C[Si](C)(C)CCc1ccc2ccccc2c1NS(=O)(=O)c1cc(Cl)cc(Cl)c1. The van der Waals surface area contributed by atoms with Crippen molar-refractivity contribution in [1.82, 2.24) is 0 Å². The van der Waals surface area contributed by atoms with Crippen LogP contribution in [0.4, 0.5) is 5.69 Å². The van der Waals surface area contributed by atoms with Gasteiger partial charge in [-0.05, 0) is 35.6 Å². The van der Waals surface area contributed by atoms with E-state index in [9.17, 15) is 8.42 Å². The number of fused-ring (bicyclic) bond motifs is 1. The number of sulfonamides is 1. The molecule has 0 heterocycles. The number of hydrogen-bond acceptors (Lipinski definition) is 2. The molecule has 3 rings (SSSR count). The first-order valence-corrected chi connectivity index (χ1v) is 15.0. The fraction of sp³-hybridized carbons (Fsp3) is 0.238. The minimum Gasteiger partial charge on any atom is -0.279 e. The Hall–Kier alpha value is -1.53. The van der Waals surface area contributed by atoms with Gasteiger partial charge in [0.15, 0.2) is 0 Å². The van der Waals surface area contributed by atoms with Crippen molar-refractivity contribution in [2.24, 2.45) is 0 Å². The lowest BCUT2D eigenvalue weighted by molar-refractivity contribution is 0.601. The van der Waals surface area contributed by atoms with Crippen molar-refractivity contribution < 1.29 is 8.42 Å². The highest BCUT2D eigenvalue weighted by Crippen LogP contribution is 2.32. The smallest absolute Gasteiger partial charge is 0.262 e. The van der Waals surface area contributed by atoms with Crippen molar-refractivity contribution in [2.75, 3.05) is 4.72 Å². The van der Waals surface area contributed by atoms with E-state index in [0.29, 0.717) is 5.69 Å². The molecular formula is C21H23Cl2NO2SSi. The van der Waals surface area contributed by atoms with Crippen molar-refractivity contribution in [3.8, 4) is 0 Å². The van der Waals surface area contributed by atoms with Crippen LogP contribution < -0.4 is 4.72 Å². The second-order valence-electron chi connectivity index (χ2n) is 8.09. The Bertz CT molecular complexity index is 1100. The molecule has 0 unspecified atom stereocenters. The van der Waals surface area contributed by atoms with E-state index in [1.165, 1.54) is 18.2 Å². The van der Waals surface area contributed by atoms with Crippen LogP contribution in [0.3, 0.4) is 0 Å². The van der Waals surface area contributed by atoms with E-state index in [2.05, 4.69) is 24.4 Å². The third kappa shape index (κ3) is 5.09. The zero-order valence-corrected chi connectivity index (χ0v) is 19.4. The summed E-state index contributed by atoms with van der Waals surface area (Å²) < 4.78 is 29.0. The lowest BCUT2D eigenvalue weighted by Crippen LogP contribution is -2.21. The molecule has 148 valence electrons. The van der Waals surface area contributed by atoms with Crippen LogP contribution in [0.1, 0.15) is 5.56 Å². The number of rotatable bonds is 6. The van der Waals surface area contributed by atoms with E-state index < -0.39 is 18.1 Å². The Labute approximate surface area is 177 Å². The van der Waals surface area contributed by atoms with Crippen LogP contribution in [-0.2, 0) is 16.4 Å². The first kappa shape index (κ1) is 21.2. The Morgan fingerprint density at radius 2 is 1.57 bits per heavy atom. The summed E-state index contributed by atoms with van der Waals surface area (Å²) in [5.74, 6) is 0. The monoisotopic (exact) mass is 451 g/mol. The Morgan fingerprint density at radius 3 is 2.21 bits per heavy atom. The lowest BCUT2D eigenvalue weighted by atomic mass is 10.0. The predicted octanol–water partition coefficient (Wildman–Crippen LogP) is 6.83. The van der Waals surface area contributed by atoms with Crippen molar-refractivity contribution in [3.63, 3.8) is 0 Å². The molecule has 0 aromatic heterocycles. The highest BCUT2D eigenvalue weighted by Gasteiger charge is 2.21. The maximum Gasteiger partial charge on any atom is 0.262 e. The van der Waals surface area contributed by atoms with Crippen molar-refractivity contribution in [3.05, 3.63) is 70.2 Å². The standard InChI is InChI=1S/C21H23Cl2NO2SSi/c1-28(2,3)11-10-16-9-8-15-6-4-5-7-20(15)21(16)24-27(25,26)19-13-17(22)12-18(23)14-19/h4-9,12-14,24H,10-11H2,1-3H3. The average Bonchev–Trinajstić information content (AvgIpc) is 2.59. The van der Waals surface area contributed by atoms with E-state index in [4.69, 9.17) is 23.2 Å². The van der Waals surface area contributed by atoms with Crippen LogP contribution in [0, 0.1) is 0 Å². The van der Waals surface area contributed by atoms with E-state index in [-0.39, 0.29) is 14.9 Å². The van der Waals surface area contributed by atoms with E-state index >= 15 is 0 Å². The predicted molar refractivity (Wildman–Crippen MR) is 123 cm³/mol. The molecule has 1 N–H and O–H groups in total. The highest BCUT2D eigenvalue weighted by molar-refractivity contribution is 7.92. The van der Waals surface area contributed by atoms with Crippen LogP contribution >= 0.6 is 23.2 Å². The molecule has 0 fully saturated rings. The maximum atomic E-state index is 13.1. The van der Waals surface area contributed by atoms with Crippen molar-refractivity contribution in [2.45, 2.75) is 37.0 Å². The van der Waals surface area contributed by atoms with Gasteiger partial charge in [-0.3, -0.25) is 4.72 Å². The van der Waals surface area contributed by atoms with Crippen LogP contribution in [0.2, 0.25) is 35.7 Å². The fourth-order valence-corrected chi connectivity index (χ4v) is 5.90. The molecule has 0 atom stereocenters. The summed E-state index contributed by atoms with van der Waals surface area (Å²) in [6, 6.07) is 17.2. The largest absolute Gasteiger partial charge is 0.279 e. The van der Waals surface area contributed by atoms with Gasteiger partial charge in [0.05, 0.1) is 10.6 Å². The van der Waals surface area contributed by atoms with Gasteiger partial charge in [-0.2, -0.15) is 0 Å². The summed E-state index contributed by atoms with van der Waals surface area (Å²) >= 11 is 12.0. The summed E-state index contributed by atoms with van der Waals surface area (Å²) in [7, 11) is -5.11. The Balaban J connectivity index is 2.09. The Morgan fingerprint density at radius 1 is 0.929 bits per heavy atom. The van der Waals surface area contributed by atoms with Crippen molar-refractivity contribution >= 4 is 57.8 Å². The van der Waals surface area contributed by atoms with Gasteiger partial charge in [0, 0.05) is 23.5 Å². The minimum atomic E-state index is -3.83. The third-order valence-corrected chi connectivity index (χ3v) is 8.06. The zero-order valence-electron chi connectivity index (χ0n) is 16.1. The quantitative estimate of drug-likeness (QED) is 0.417. The second-order valence-corrected chi connectivity index (χ2v) is 16.3. The van der Waals surface area contributed by atoms with Gasteiger partial charge in [-0.15, -0.1) is 0 Å². The van der Waals surface area contributed by atoms with Crippen LogP contribution in [0.15, 0.2) is 59.5 Å². The van der Waals surface area contributed by atoms with Gasteiger partial charge in [-0.25, -0.2) is 8.42 Å². The summed E-state index contributed by atoms with van der Waals surface area (Å²) in [6.45, 7) is 6.93. The van der Waals surface area contributed by atoms with Gasteiger partial charge in [0.1, 0.15) is 0 Å². The van der Waals surface area contributed by atoms with E-state index in [1.807, 2.05) is 36.4 Å². The molecular weight excluding hydrogens is 429 g/mol. The minimum absolute atomic E-state index is 0.0501. The van der Waals surface area contributed by atoms with Gasteiger partial charge in [0.2, 0.25) is 0 Å². The van der Waals surface area contributed by atoms with Crippen LogP contribution in [0.5, 0.6) is 0 Å². The van der Waals surface area contributed by atoms with Crippen LogP contribution in [-0.4, -0.2) is 16.5 Å². The summed E-state index contributed by atoms with van der Waals surface area (Å²) in [5.41, 5.74) is 1.63. The van der Waals surface area contributed by atoms with Gasteiger partial charge in [0.25, 0.3) is 10.0 Å². The molecule has 0 amide bonds. The molecule has 0 aliphatic rings. The Kier molecular flexibility index (Phi) is 6.10. The number of halogens is 2. The number of aryl methyl sites for hydroxylation is 1. The first-order valence-electron chi connectivity index (χ1n) is 9.05. The molecule has 0 aliphatic carbocycles. The van der Waals surface area contributed by atoms with Crippen LogP contribution in [0.25, 0.3) is 10.8 Å². The lowest BCUT2D eigenvalue weighted by Gasteiger charge is -2.19. The van der Waals surface area contributed by atoms with E-state index in [1.54, 1.807) is 0 Å². The molecule has 0 radical (unpaired) electrons. The van der Waals surface area contributed by atoms with Gasteiger partial charge < -0.3 is 0 Å². The van der Waals surface area contributed by atoms with E-state index in [0.717, 1.165) is 28.8 Å². The molecule has 0 aliphatic heterocycles. The normalized spacial score (nSPS) is 12.3. The summed E-state index contributed by atoms with van der Waals surface area (Å²) in [4.78, 5) is 0.0501. The van der Waals surface area contributed by atoms with Gasteiger partial charge in [-0.1, -0.05) is 85.3 Å². The van der Waals surface area contributed by atoms with Gasteiger partial charge >= 0.3 is 0 Å². The maximum absolute atomic E-state index is 13.1. The second kappa shape index (κ2) is 8.07. The topological polar surface area (TPSA) is 46.2 Å². The fourth-order valence-electron chi connectivity index (χ4n) is 3.03. The molecule has 3 nitrogen and oxygen atoms in total. The highest BCUT2D eigenvalue weighted by atomic mass is 35.5. The molecule has 7 heteroatoms. The molecule has 0 spiro atoms. The van der Waals surface area contributed by atoms with Crippen molar-refractivity contribution in [1.29, 1.82) is 0 Å². The molecule has 3 aromatic carbocycles. The first-order chi connectivity index (χ1) is 13.0. The number of nitrogens with one attached hydrogen (secondary N) is 1. The molecule has 28 heavy (non-hydrogen) atoms. The summed E-state index contributed by atoms with van der Waals surface area (Å²) in [5, 5.41) is 2.43.